The summed E-state index contributed by atoms with van der Waals surface area (Å²) >= 11 is 0. The predicted octanol–water partition coefficient (Wildman–Crippen LogP) is 2.73. The number of rotatable bonds is 6. The molecule has 0 radical (unpaired) electrons. The van der Waals surface area contributed by atoms with E-state index in [1.165, 1.54) is 5.69 Å². The van der Waals surface area contributed by atoms with Gasteiger partial charge in [0.1, 0.15) is 0 Å². The van der Waals surface area contributed by atoms with Crippen LogP contribution in [0.25, 0.3) is 11.0 Å². The zero-order chi connectivity index (χ0) is 22.7. The highest BCUT2D eigenvalue weighted by atomic mass is 16.1. The van der Waals surface area contributed by atoms with Crippen LogP contribution in [0.3, 0.4) is 0 Å². The molecule has 3 aromatic rings. The molecule has 168 valence electrons. The van der Waals surface area contributed by atoms with Crippen LogP contribution in [0.4, 0.5) is 5.69 Å². The van der Waals surface area contributed by atoms with E-state index in [1.54, 1.807) is 7.05 Å². The van der Waals surface area contributed by atoms with Gasteiger partial charge >= 0.3 is 0 Å². The van der Waals surface area contributed by atoms with Gasteiger partial charge in [-0.1, -0.05) is 13.8 Å². The molecule has 2 N–H and O–H groups in total. The number of amides is 1. The lowest BCUT2D eigenvalue weighted by Gasteiger charge is -2.36. The predicted molar refractivity (Wildman–Crippen MR) is 128 cm³/mol. The average molecular weight is 434 g/mol. The van der Waals surface area contributed by atoms with Crippen LogP contribution in [0, 0.1) is 0 Å². The Morgan fingerprint density at radius 2 is 1.81 bits per heavy atom. The Labute approximate surface area is 188 Å². The lowest BCUT2D eigenvalue weighted by atomic mass is 10.0. The van der Waals surface area contributed by atoms with E-state index in [9.17, 15) is 9.59 Å². The number of benzene rings is 1. The molecule has 3 heterocycles. The second kappa shape index (κ2) is 9.53. The first-order valence-electron chi connectivity index (χ1n) is 11.4. The van der Waals surface area contributed by atoms with Gasteiger partial charge in [-0.3, -0.25) is 19.5 Å². The first-order valence-corrected chi connectivity index (χ1v) is 11.4. The summed E-state index contributed by atoms with van der Waals surface area (Å²) in [6, 6.07) is 10.1. The van der Waals surface area contributed by atoms with Crippen LogP contribution in [-0.2, 0) is 19.4 Å². The monoisotopic (exact) mass is 433 g/mol. The van der Waals surface area contributed by atoms with Crippen molar-refractivity contribution in [2.45, 2.75) is 33.2 Å². The van der Waals surface area contributed by atoms with Crippen molar-refractivity contribution in [2.75, 3.05) is 38.1 Å². The number of nitrogens with zero attached hydrogens (tertiary/aromatic N) is 3. The number of aryl methyl sites for hydroxylation is 2. The quantitative estimate of drug-likeness (QED) is 0.625. The molecule has 7 nitrogen and oxygen atoms in total. The standard InChI is InChI=1S/C25H31N5O2/c1-4-18-13-20(6-7-21(18)25(32)26-3)30-10-8-29(9-11-30)16-17-12-23-22(27-15-17)14-19(5-2)24(31)28-23/h6-7,12-15H,4-5,8-11,16H2,1-3H3,(H,26,32)(H,28,31). The number of hydrogen-bond donors (Lipinski definition) is 2. The number of aromatic nitrogens is 2. The van der Waals surface area contributed by atoms with E-state index in [0.717, 1.165) is 72.4 Å². The molecule has 2 aromatic heterocycles. The summed E-state index contributed by atoms with van der Waals surface area (Å²) in [5.41, 5.74) is 6.48. The summed E-state index contributed by atoms with van der Waals surface area (Å²) in [5.74, 6) is -0.0329. The first-order chi connectivity index (χ1) is 15.5. The third kappa shape index (κ3) is 4.53. The molecule has 0 atom stereocenters. The second-order valence-corrected chi connectivity index (χ2v) is 8.29. The number of fused-ring (bicyclic) bond motifs is 1. The molecule has 32 heavy (non-hydrogen) atoms. The van der Waals surface area contributed by atoms with Gasteiger partial charge in [0.25, 0.3) is 11.5 Å². The van der Waals surface area contributed by atoms with Crippen molar-refractivity contribution in [1.82, 2.24) is 20.2 Å². The van der Waals surface area contributed by atoms with Gasteiger partial charge in [0.05, 0.1) is 11.0 Å². The molecule has 0 aliphatic carbocycles. The summed E-state index contributed by atoms with van der Waals surface area (Å²) in [6.07, 6.45) is 3.44. The first kappa shape index (κ1) is 22.0. The lowest BCUT2D eigenvalue weighted by molar-refractivity contribution is 0.0962. The maximum absolute atomic E-state index is 12.1. The van der Waals surface area contributed by atoms with Gasteiger partial charge in [0, 0.05) is 62.8 Å². The minimum Gasteiger partial charge on any atom is -0.369 e. The number of H-pyrrole nitrogens is 1. The van der Waals surface area contributed by atoms with Crippen molar-refractivity contribution >= 4 is 22.6 Å². The highest BCUT2D eigenvalue weighted by Gasteiger charge is 2.19. The Kier molecular flexibility index (Phi) is 6.55. The SMILES string of the molecule is CCc1cc(N2CCN(Cc3cnc4cc(CC)c(=O)[nH]c4c3)CC2)ccc1C(=O)NC. The maximum atomic E-state index is 12.1. The van der Waals surface area contributed by atoms with Gasteiger partial charge in [-0.15, -0.1) is 0 Å². The third-order valence-electron chi connectivity index (χ3n) is 6.29. The van der Waals surface area contributed by atoms with E-state index in [-0.39, 0.29) is 11.5 Å². The summed E-state index contributed by atoms with van der Waals surface area (Å²) in [5, 5.41) is 2.72. The van der Waals surface area contributed by atoms with Crippen LogP contribution in [0.15, 0.2) is 41.3 Å². The van der Waals surface area contributed by atoms with Crippen molar-refractivity contribution in [3.8, 4) is 0 Å². The van der Waals surface area contributed by atoms with Crippen LogP contribution in [-0.4, -0.2) is 54.0 Å². The Morgan fingerprint density at radius 3 is 2.50 bits per heavy atom. The van der Waals surface area contributed by atoms with Gasteiger partial charge in [0.2, 0.25) is 0 Å². The van der Waals surface area contributed by atoms with Crippen molar-refractivity contribution in [3.63, 3.8) is 0 Å². The van der Waals surface area contributed by atoms with Crippen LogP contribution in [0.2, 0.25) is 0 Å². The minimum absolute atomic E-state index is 0.0264. The fraction of sp³-hybridized carbons (Fsp3) is 0.400. The molecule has 4 rings (SSSR count). The summed E-state index contributed by atoms with van der Waals surface area (Å²) in [4.78, 5) is 36.5. The summed E-state index contributed by atoms with van der Waals surface area (Å²) in [7, 11) is 1.67. The third-order valence-corrected chi connectivity index (χ3v) is 6.29. The number of carbonyl (C=O) groups is 1. The fourth-order valence-electron chi connectivity index (χ4n) is 4.36. The highest BCUT2D eigenvalue weighted by Crippen LogP contribution is 2.22. The lowest BCUT2D eigenvalue weighted by Crippen LogP contribution is -2.46. The highest BCUT2D eigenvalue weighted by molar-refractivity contribution is 5.96. The Hall–Kier alpha value is -3.19. The van der Waals surface area contributed by atoms with Crippen molar-refractivity contribution in [1.29, 1.82) is 0 Å². The Balaban J connectivity index is 1.42. The number of piperazine rings is 1. The van der Waals surface area contributed by atoms with Crippen LogP contribution < -0.4 is 15.8 Å². The Morgan fingerprint density at radius 1 is 1.06 bits per heavy atom. The van der Waals surface area contributed by atoms with E-state index >= 15 is 0 Å². The molecule has 1 fully saturated rings. The number of aromatic amines is 1. The second-order valence-electron chi connectivity index (χ2n) is 8.29. The van der Waals surface area contributed by atoms with Gasteiger partial charge in [-0.05, 0) is 54.3 Å². The van der Waals surface area contributed by atoms with E-state index < -0.39 is 0 Å². The van der Waals surface area contributed by atoms with E-state index in [2.05, 4.69) is 38.1 Å². The largest absolute Gasteiger partial charge is 0.369 e. The van der Waals surface area contributed by atoms with E-state index in [4.69, 9.17) is 0 Å². The van der Waals surface area contributed by atoms with Gasteiger partial charge < -0.3 is 15.2 Å². The van der Waals surface area contributed by atoms with Gasteiger partial charge in [0.15, 0.2) is 0 Å². The molecular weight excluding hydrogens is 402 g/mol. The summed E-state index contributed by atoms with van der Waals surface area (Å²) < 4.78 is 0. The maximum Gasteiger partial charge on any atom is 0.251 e. The van der Waals surface area contributed by atoms with Gasteiger partial charge in [-0.2, -0.15) is 0 Å². The van der Waals surface area contributed by atoms with Crippen molar-refractivity contribution < 1.29 is 4.79 Å². The van der Waals surface area contributed by atoms with Crippen LogP contribution in [0.1, 0.15) is 40.9 Å². The van der Waals surface area contributed by atoms with Crippen LogP contribution >= 0.6 is 0 Å². The molecule has 1 aromatic carbocycles. The van der Waals surface area contributed by atoms with E-state index in [1.807, 2.05) is 37.4 Å². The number of carbonyl (C=O) groups excluding carboxylic acids is 1. The normalized spacial score (nSPS) is 14.7. The molecule has 0 spiro atoms. The van der Waals surface area contributed by atoms with Crippen molar-refractivity contribution in [2.24, 2.45) is 0 Å². The van der Waals surface area contributed by atoms with Gasteiger partial charge in [-0.25, -0.2) is 0 Å². The summed E-state index contributed by atoms with van der Waals surface area (Å²) in [6.45, 7) is 8.62. The molecule has 0 saturated carbocycles. The molecule has 1 aliphatic rings. The molecular formula is C25H31N5O2. The Bertz CT molecular complexity index is 1180. The number of anilines is 1. The number of pyridine rings is 2. The smallest absolute Gasteiger partial charge is 0.251 e. The molecule has 1 saturated heterocycles. The van der Waals surface area contributed by atoms with E-state index in [0.29, 0.717) is 6.42 Å². The zero-order valence-corrected chi connectivity index (χ0v) is 19.1. The number of nitrogens with one attached hydrogen (secondary N) is 2. The number of hydrogen-bond acceptors (Lipinski definition) is 5. The fourth-order valence-corrected chi connectivity index (χ4v) is 4.36. The molecule has 0 unspecified atom stereocenters. The zero-order valence-electron chi connectivity index (χ0n) is 19.1. The minimum atomic E-state index is -0.0329. The average Bonchev–Trinajstić information content (AvgIpc) is 2.83. The van der Waals surface area contributed by atoms with Crippen molar-refractivity contribution in [3.05, 3.63) is 69.1 Å². The van der Waals surface area contributed by atoms with Crippen LogP contribution in [0.5, 0.6) is 0 Å². The molecule has 1 aliphatic heterocycles. The molecule has 7 heteroatoms. The molecule has 0 bridgehead atoms. The topological polar surface area (TPSA) is 81.3 Å². The molecule has 1 amide bonds.